The Labute approximate surface area is 80.4 Å². The normalized spacial score (nSPS) is 29.6. The average molecular weight is 181 g/mol. The number of hydrogen-bond acceptors (Lipinski definition) is 2. The summed E-state index contributed by atoms with van der Waals surface area (Å²) < 4.78 is 5.54. The van der Waals surface area contributed by atoms with E-state index in [0.717, 1.165) is 19.2 Å². The van der Waals surface area contributed by atoms with Gasteiger partial charge in [-0.3, -0.25) is 0 Å². The predicted octanol–water partition coefficient (Wildman–Crippen LogP) is 1.86. The van der Waals surface area contributed by atoms with Crippen LogP contribution in [0.5, 0.6) is 0 Å². The van der Waals surface area contributed by atoms with Gasteiger partial charge in [0.25, 0.3) is 0 Å². The van der Waals surface area contributed by atoms with Gasteiger partial charge in [0.1, 0.15) is 0 Å². The molecule has 0 bridgehead atoms. The molecule has 0 radical (unpaired) electrons. The zero-order valence-corrected chi connectivity index (χ0v) is 8.38. The molecule has 13 heavy (non-hydrogen) atoms. The van der Waals surface area contributed by atoms with E-state index < -0.39 is 0 Å². The van der Waals surface area contributed by atoms with Crippen molar-refractivity contribution in [3.8, 4) is 0 Å². The van der Waals surface area contributed by atoms with Gasteiger partial charge in [0.15, 0.2) is 0 Å². The van der Waals surface area contributed by atoms with Crippen LogP contribution in [-0.2, 0) is 4.74 Å². The highest BCUT2D eigenvalue weighted by molar-refractivity contribution is 5.06. The summed E-state index contributed by atoms with van der Waals surface area (Å²) in [5, 5.41) is 3.51. The molecule has 1 saturated heterocycles. The molecule has 1 unspecified atom stereocenters. The SMILES string of the molecule is CC(=CC1CCCO1)CNC1CC1. The van der Waals surface area contributed by atoms with E-state index in [0.29, 0.717) is 6.10 Å². The van der Waals surface area contributed by atoms with Crippen molar-refractivity contribution in [2.75, 3.05) is 13.2 Å². The van der Waals surface area contributed by atoms with Crippen LogP contribution >= 0.6 is 0 Å². The van der Waals surface area contributed by atoms with Gasteiger partial charge in [0.2, 0.25) is 0 Å². The number of nitrogens with one attached hydrogen (secondary N) is 1. The van der Waals surface area contributed by atoms with Crippen LogP contribution in [-0.4, -0.2) is 25.3 Å². The van der Waals surface area contributed by atoms with Crippen molar-refractivity contribution in [2.45, 2.75) is 44.8 Å². The molecule has 2 aliphatic rings. The van der Waals surface area contributed by atoms with E-state index in [-0.39, 0.29) is 0 Å². The van der Waals surface area contributed by atoms with Crippen molar-refractivity contribution in [1.29, 1.82) is 0 Å². The molecule has 2 heteroatoms. The van der Waals surface area contributed by atoms with Crippen LogP contribution in [0.1, 0.15) is 32.6 Å². The maximum absolute atomic E-state index is 5.54. The molecule has 1 aliphatic carbocycles. The van der Waals surface area contributed by atoms with Crippen LogP contribution in [0.3, 0.4) is 0 Å². The third-order valence-corrected chi connectivity index (χ3v) is 2.68. The van der Waals surface area contributed by atoms with Crippen LogP contribution in [0.25, 0.3) is 0 Å². The molecule has 0 aromatic heterocycles. The highest BCUT2D eigenvalue weighted by Crippen LogP contribution is 2.19. The van der Waals surface area contributed by atoms with Gasteiger partial charge >= 0.3 is 0 Å². The Bertz CT molecular complexity index is 190. The van der Waals surface area contributed by atoms with Gasteiger partial charge in [-0.05, 0) is 32.6 Å². The minimum atomic E-state index is 0.404. The first-order valence-electron chi connectivity index (χ1n) is 5.37. The lowest BCUT2D eigenvalue weighted by Crippen LogP contribution is -2.19. The largest absolute Gasteiger partial charge is 0.374 e. The molecular weight excluding hydrogens is 162 g/mol. The third-order valence-electron chi connectivity index (χ3n) is 2.68. The molecule has 1 N–H and O–H groups in total. The standard InChI is InChI=1S/C11H19NO/c1-9(8-12-10-4-5-10)7-11-3-2-6-13-11/h7,10-12H,2-6,8H2,1H3. The van der Waals surface area contributed by atoms with Crippen LogP contribution in [0.2, 0.25) is 0 Å². The summed E-state index contributed by atoms with van der Waals surface area (Å²) in [5.41, 5.74) is 1.43. The minimum Gasteiger partial charge on any atom is -0.374 e. The summed E-state index contributed by atoms with van der Waals surface area (Å²) in [7, 11) is 0. The van der Waals surface area contributed by atoms with E-state index in [1.54, 1.807) is 0 Å². The Morgan fingerprint density at radius 2 is 2.31 bits per heavy atom. The molecule has 2 nitrogen and oxygen atoms in total. The first-order valence-corrected chi connectivity index (χ1v) is 5.37. The Morgan fingerprint density at radius 1 is 1.46 bits per heavy atom. The quantitative estimate of drug-likeness (QED) is 0.668. The number of rotatable bonds is 4. The molecule has 1 heterocycles. The van der Waals surface area contributed by atoms with Crippen molar-refractivity contribution in [1.82, 2.24) is 5.32 Å². The van der Waals surface area contributed by atoms with Crippen LogP contribution in [0, 0.1) is 0 Å². The van der Waals surface area contributed by atoms with E-state index in [2.05, 4.69) is 18.3 Å². The summed E-state index contributed by atoms with van der Waals surface area (Å²) in [4.78, 5) is 0. The van der Waals surface area contributed by atoms with Crippen LogP contribution in [0.15, 0.2) is 11.6 Å². The summed E-state index contributed by atoms with van der Waals surface area (Å²) in [6, 6.07) is 0.813. The molecule has 74 valence electrons. The van der Waals surface area contributed by atoms with Crippen LogP contribution in [0.4, 0.5) is 0 Å². The van der Waals surface area contributed by atoms with Gasteiger partial charge in [-0.15, -0.1) is 0 Å². The van der Waals surface area contributed by atoms with Crippen molar-refractivity contribution in [3.05, 3.63) is 11.6 Å². The van der Waals surface area contributed by atoms with Gasteiger partial charge in [0, 0.05) is 19.2 Å². The minimum absolute atomic E-state index is 0.404. The van der Waals surface area contributed by atoms with E-state index in [1.165, 1.54) is 31.3 Å². The van der Waals surface area contributed by atoms with Crippen LogP contribution < -0.4 is 5.32 Å². The second kappa shape index (κ2) is 4.25. The fourth-order valence-electron chi connectivity index (χ4n) is 1.70. The topological polar surface area (TPSA) is 21.3 Å². The zero-order chi connectivity index (χ0) is 9.10. The Balaban J connectivity index is 1.69. The summed E-state index contributed by atoms with van der Waals surface area (Å²) in [6.07, 6.45) is 7.86. The molecule has 1 atom stereocenters. The third kappa shape index (κ3) is 3.12. The van der Waals surface area contributed by atoms with E-state index >= 15 is 0 Å². The van der Waals surface area contributed by atoms with Gasteiger partial charge in [-0.25, -0.2) is 0 Å². The van der Waals surface area contributed by atoms with E-state index in [9.17, 15) is 0 Å². The molecular formula is C11H19NO. The Hall–Kier alpha value is -0.340. The zero-order valence-electron chi connectivity index (χ0n) is 8.38. The second-order valence-corrected chi connectivity index (χ2v) is 4.22. The maximum Gasteiger partial charge on any atom is 0.0759 e. The van der Waals surface area contributed by atoms with Crippen molar-refractivity contribution < 1.29 is 4.74 Å². The van der Waals surface area contributed by atoms with Crippen molar-refractivity contribution in [2.24, 2.45) is 0 Å². The van der Waals surface area contributed by atoms with Crippen molar-refractivity contribution >= 4 is 0 Å². The maximum atomic E-state index is 5.54. The first-order chi connectivity index (χ1) is 6.34. The highest BCUT2D eigenvalue weighted by Gasteiger charge is 2.20. The monoisotopic (exact) mass is 181 g/mol. The molecule has 2 rings (SSSR count). The van der Waals surface area contributed by atoms with Gasteiger partial charge < -0.3 is 10.1 Å². The van der Waals surface area contributed by atoms with E-state index in [1.807, 2.05) is 0 Å². The highest BCUT2D eigenvalue weighted by atomic mass is 16.5. The molecule has 1 saturated carbocycles. The summed E-state index contributed by atoms with van der Waals surface area (Å²) in [5.74, 6) is 0. The molecule has 1 aliphatic heterocycles. The lowest BCUT2D eigenvalue weighted by atomic mass is 10.1. The lowest BCUT2D eigenvalue weighted by Gasteiger charge is -2.07. The number of hydrogen-bond donors (Lipinski definition) is 1. The van der Waals surface area contributed by atoms with Gasteiger partial charge in [0.05, 0.1) is 6.10 Å². The molecule has 0 aromatic rings. The van der Waals surface area contributed by atoms with Gasteiger partial charge in [-0.2, -0.15) is 0 Å². The van der Waals surface area contributed by atoms with Gasteiger partial charge in [-0.1, -0.05) is 11.6 Å². The molecule has 2 fully saturated rings. The Morgan fingerprint density at radius 3 is 2.92 bits per heavy atom. The Kier molecular flexibility index (Phi) is 3.01. The smallest absolute Gasteiger partial charge is 0.0759 e. The summed E-state index contributed by atoms with van der Waals surface area (Å²) >= 11 is 0. The molecule has 0 aromatic carbocycles. The fourth-order valence-corrected chi connectivity index (χ4v) is 1.70. The second-order valence-electron chi connectivity index (χ2n) is 4.22. The lowest BCUT2D eigenvalue weighted by molar-refractivity contribution is 0.145. The average Bonchev–Trinajstić information content (AvgIpc) is 2.82. The fraction of sp³-hybridized carbons (Fsp3) is 0.818. The summed E-state index contributed by atoms with van der Waals surface area (Å²) in [6.45, 7) is 4.19. The molecule has 0 spiro atoms. The molecule has 0 amide bonds. The first kappa shape index (κ1) is 9.22. The van der Waals surface area contributed by atoms with Crippen molar-refractivity contribution in [3.63, 3.8) is 0 Å². The van der Waals surface area contributed by atoms with E-state index in [4.69, 9.17) is 4.74 Å². The number of ether oxygens (including phenoxy) is 1. The predicted molar refractivity (Wildman–Crippen MR) is 53.8 cm³/mol.